The molecule has 0 aliphatic heterocycles. The van der Waals surface area contributed by atoms with E-state index in [1.807, 2.05) is 12.1 Å². The Morgan fingerprint density at radius 1 is 1.39 bits per heavy atom. The molecule has 6 heteroatoms. The van der Waals surface area contributed by atoms with Gasteiger partial charge in [-0.2, -0.15) is 0 Å². The first-order valence-electron chi connectivity index (χ1n) is 5.16. The number of benzene rings is 1. The zero-order chi connectivity index (χ0) is 13.0. The lowest BCUT2D eigenvalue weighted by molar-refractivity contribution is 0.112. The van der Waals surface area contributed by atoms with Gasteiger partial charge in [0.1, 0.15) is 6.29 Å². The largest absolute Gasteiger partial charge is 0.465 e. The second-order valence-electron chi connectivity index (χ2n) is 3.61. The fourth-order valence-electron chi connectivity index (χ4n) is 1.46. The number of nitrogens with one attached hydrogen (secondary N) is 1. The van der Waals surface area contributed by atoms with Crippen LogP contribution in [0.1, 0.15) is 21.6 Å². The number of thiazole rings is 1. The molecule has 5 nitrogen and oxygen atoms in total. The Bertz CT molecular complexity index is 563. The van der Waals surface area contributed by atoms with Crippen LogP contribution in [0.15, 0.2) is 29.6 Å². The first-order valence-corrected chi connectivity index (χ1v) is 6.04. The summed E-state index contributed by atoms with van der Waals surface area (Å²) in [6.07, 6.45) is 0.282. The van der Waals surface area contributed by atoms with Crippen LogP contribution in [-0.4, -0.2) is 22.5 Å². The molecular formula is C12H10N2O3S. The summed E-state index contributed by atoms with van der Waals surface area (Å²) in [7, 11) is 0. The Morgan fingerprint density at radius 3 is 2.72 bits per heavy atom. The summed E-state index contributed by atoms with van der Waals surface area (Å²) in [5, 5.41) is 12.9. The third-order valence-electron chi connectivity index (χ3n) is 2.27. The predicted octanol–water partition coefficient (Wildman–Crippen LogP) is 2.64. The minimum atomic E-state index is -1.12. The summed E-state index contributed by atoms with van der Waals surface area (Å²) >= 11 is 1.25. The maximum Gasteiger partial charge on any atom is 0.410 e. The Labute approximate surface area is 107 Å². The molecule has 92 valence electrons. The van der Waals surface area contributed by atoms with Gasteiger partial charge in [0.05, 0.1) is 5.69 Å². The molecule has 0 saturated carbocycles. The number of carboxylic acid groups (broad SMARTS) is 1. The number of carbonyl (C=O) groups excluding carboxylic acids is 1. The smallest absolute Gasteiger partial charge is 0.410 e. The van der Waals surface area contributed by atoms with Crippen LogP contribution in [0.4, 0.5) is 9.93 Å². The molecule has 0 fully saturated rings. The lowest BCUT2D eigenvalue weighted by Crippen LogP contribution is -2.06. The van der Waals surface area contributed by atoms with E-state index in [9.17, 15) is 9.59 Å². The van der Waals surface area contributed by atoms with Crippen molar-refractivity contribution in [3.63, 3.8) is 0 Å². The Balaban J connectivity index is 2.06. The summed E-state index contributed by atoms with van der Waals surface area (Å²) < 4.78 is 0. The van der Waals surface area contributed by atoms with E-state index in [4.69, 9.17) is 5.11 Å². The van der Waals surface area contributed by atoms with Crippen molar-refractivity contribution in [1.82, 2.24) is 4.98 Å². The number of hydrogen-bond acceptors (Lipinski definition) is 4. The Morgan fingerprint density at radius 2 is 2.11 bits per heavy atom. The highest BCUT2D eigenvalue weighted by Gasteiger charge is 2.05. The summed E-state index contributed by atoms with van der Waals surface area (Å²) in [4.78, 5) is 25.1. The Kier molecular flexibility index (Phi) is 3.69. The molecule has 1 aromatic heterocycles. The van der Waals surface area contributed by atoms with Gasteiger partial charge in [0, 0.05) is 17.4 Å². The third kappa shape index (κ3) is 3.14. The third-order valence-corrected chi connectivity index (χ3v) is 3.07. The summed E-state index contributed by atoms with van der Waals surface area (Å²) in [6.45, 7) is 0. The van der Waals surface area contributed by atoms with Crippen LogP contribution in [0, 0.1) is 0 Å². The van der Waals surface area contributed by atoms with Crippen LogP contribution in [0.2, 0.25) is 0 Å². The molecule has 2 rings (SSSR count). The van der Waals surface area contributed by atoms with Crippen molar-refractivity contribution >= 4 is 28.8 Å². The molecule has 2 N–H and O–H groups in total. The van der Waals surface area contributed by atoms with Gasteiger partial charge in [-0.25, -0.2) is 9.78 Å². The van der Waals surface area contributed by atoms with Gasteiger partial charge in [-0.15, -0.1) is 11.3 Å². The van der Waals surface area contributed by atoms with E-state index in [2.05, 4.69) is 10.3 Å². The average molecular weight is 262 g/mol. The molecule has 0 atom stereocenters. The van der Waals surface area contributed by atoms with Crippen molar-refractivity contribution in [2.45, 2.75) is 6.42 Å². The zero-order valence-electron chi connectivity index (χ0n) is 9.29. The Hall–Kier alpha value is -2.21. The highest BCUT2D eigenvalue weighted by Crippen LogP contribution is 2.18. The lowest BCUT2D eigenvalue weighted by Gasteiger charge is -1.98. The van der Waals surface area contributed by atoms with Crippen LogP contribution in [0.3, 0.4) is 0 Å². The minimum Gasteiger partial charge on any atom is -0.465 e. The predicted molar refractivity (Wildman–Crippen MR) is 68.4 cm³/mol. The maximum absolute atomic E-state index is 10.5. The first kappa shape index (κ1) is 12.3. The molecule has 1 amide bonds. The molecule has 0 spiro atoms. The maximum atomic E-state index is 10.5. The second kappa shape index (κ2) is 5.42. The summed E-state index contributed by atoms with van der Waals surface area (Å²) in [5.74, 6) is 0. The van der Waals surface area contributed by atoms with Crippen LogP contribution < -0.4 is 5.32 Å². The van der Waals surface area contributed by atoms with Crippen LogP contribution in [0.25, 0.3) is 0 Å². The number of aromatic nitrogens is 1. The average Bonchev–Trinajstić information content (AvgIpc) is 2.76. The van der Waals surface area contributed by atoms with Gasteiger partial charge in [-0.05, 0) is 5.56 Å². The van der Waals surface area contributed by atoms with E-state index >= 15 is 0 Å². The number of nitrogens with zero attached hydrogens (tertiary/aromatic N) is 1. The minimum absolute atomic E-state index is 0.363. The normalized spacial score (nSPS) is 10.0. The topological polar surface area (TPSA) is 79.3 Å². The van der Waals surface area contributed by atoms with Gasteiger partial charge < -0.3 is 5.11 Å². The molecule has 0 saturated heterocycles. The molecule has 0 unspecified atom stereocenters. The fourth-order valence-corrected chi connectivity index (χ4v) is 2.16. The van der Waals surface area contributed by atoms with Gasteiger partial charge in [-0.1, -0.05) is 24.3 Å². The molecule has 2 aromatic rings. The highest BCUT2D eigenvalue weighted by atomic mass is 32.1. The van der Waals surface area contributed by atoms with E-state index in [0.717, 1.165) is 17.5 Å². The van der Waals surface area contributed by atoms with Gasteiger partial charge in [-0.3, -0.25) is 10.1 Å². The van der Waals surface area contributed by atoms with Crippen molar-refractivity contribution < 1.29 is 14.7 Å². The molecule has 0 aliphatic rings. The molecule has 18 heavy (non-hydrogen) atoms. The monoisotopic (exact) mass is 262 g/mol. The number of hydrogen-bond donors (Lipinski definition) is 2. The quantitative estimate of drug-likeness (QED) is 0.830. The number of carbonyl (C=O) groups is 2. The van der Waals surface area contributed by atoms with Crippen molar-refractivity contribution in [2.24, 2.45) is 0 Å². The van der Waals surface area contributed by atoms with E-state index in [1.54, 1.807) is 17.5 Å². The van der Waals surface area contributed by atoms with E-state index in [0.29, 0.717) is 17.1 Å². The lowest BCUT2D eigenvalue weighted by atomic mass is 10.1. The number of anilines is 1. The number of aldehydes is 1. The molecule has 0 aliphatic carbocycles. The molecular weight excluding hydrogens is 252 g/mol. The van der Waals surface area contributed by atoms with Crippen molar-refractivity contribution in [3.8, 4) is 0 Å². The number of amides is 1. The number of rotatable bonds is 4. The molecule has 1 heterocycles. The highest BCUT2D eigenvalue weighted by molar-refractivity contribution is 7.13. The molecule has 0 radical (unpaired) electrons. The van der Waals surface area contributed by atoms with Crippen LogP contribution in [0.5, 0.6) is 0 Å². The standard InChI is InChI=1S/C12H10N2O3S/c15-6-9-3-1-8(2-4-9)5-10-7-18-11(13-10)14-12(16)17/h1-4,6-7H,5H2,(H,13,14)(H,16,17). The first-order chi connectivity index (χ1) is 8.67. The SMILES string of the molecule is O=Cc1ccc(Cc2csc(NC(=O)O)n2)cc1. The second-order valence-corrected chi connectivity index (χ2v) is 4.47. The van der Waals surface area contributed by atoms with Crippen LogP contribution >= 0.6 is 11.3 Å². The van der Waals surface area contributed by atoms with E-state index in [-0.39, 0.29) is 0 Å². The molecule has 0 bridgehead atoms. The van der Waals surface area contributed by atoms with Crippen molar-refractivity contribution in [1.29, 1.82) is 0 Å². The fraction of sp³-hybridized carbons (Fsp3) is 0.0833. The van der Waals surface area contributed by atoms with Gasteiger partial charge >= 0.3 is 6.09 Å². The van der Waals surface area contributed by atoms with Gasteiger partial charge in [0.2, 0.25) is 0 Å². The van der Waals surface area contributed by atoms with Crippen molar-refractivity contribution in [2.75, 3.05) is 5.32 Å². The van der Waals surface area contributed by atoms with Crippen molar-refractivity contribution in [3.05, 3.63) is 46.5 Å². The molecule has 1 aromatic carbocycles. The van der Waals surface area contributed by atoms with Gasteiger partial charge in [0.25, 0.3) is 0 Å². The van der Waals surface area contributed by atoms with Crippen LogP contribution in [-0.2, 0) is 6.42 Å². The van der Waals surface area contributed by atoms with Gasteiger partial charge in [0.15, 0.2) is 5.13 Å². The van der Waals surface area contributed by atoms with E-state index < -0.39 is 6.09 Å². The zero-order valence-corrected chi connectivity index (χ0v) is 10.1. The van der Waals surface area contributed by atoms with E-state index in [1.165, 1.54) is 11.3 Å². The summed E-state index contributed by atoms with van der Waals surface area (Å²) in [5.41, 5.74) is 2.45. The summed E-state index contributed by atoms with van der Waals surface area (Å²) in [6, 6.07) is 7.19.